The number of rotatable bonds is 8. The molecule has 12 heteroatoms. The topological polar surface area (TPSA) is 98.7 Å². The van der Waals surface area contributed by atoms with Gasteiger partial charge in [-0.3, -0.25) is 4.79 Å². The van der Waals surface area contributed by atoms with Crippen LogP contribution in [0.5, 0.6) is 0 Å². The minimum absolute atomic E-state index is 0.119. The fourth-order valence-electron chi connectivity index (χ4n) is 5.13. The average Bonchev–Trinajstić information content (AvgIpc) is 3.76. The lowest BCUT2D eigenvalue weighted by Crippen LogP contribution is -2.27. The first kappa shape index (κ1) is 33.6. The number of carbonyl (C=O) groups is 1. The van der Waals surface area contributed by atoms with Crippen LogP contribution in [0.25, 0.3) is 0 Å². The van der Waals surface area contributed by atoms with Crippen LogP contribution in [0.3, 0.4) is 0 Å². The second kappa shape index (κ2) is 14.3. The number of carbonyl (C=O) groups excluding carboxylic acids is 1. The Hall–Kier alpha value is -4.77. The molecule has 6 aromatic rings. The molecular formula is C35H30Cl2F2N6O2. The number of aromatic nitrogens is 6. The summed E-state index contributed by atoms with van der Waals surface area (Å²) in [6.07, 6.45) is 9.41. The number of nitrogens with zero attached hydrogens (tertiary/aromatic N) is 6. The van der Waals surface area contributed by atoms with Gasteiger partial charge in [-0.1, -0.05) is 47.5 Å². The maximum Gasteiger partial charge on any atom is 0.211 e. The van der Waals surface area contributed by atoms with Crippen molar-refractivity contribution in [3.63, 3.8) is 0 Å². The van der Waals surface area contributed by atoms with E-state index in [-0.39, 0.29) is 34.7 Å². The highest BCUT2D eigenvalue weighted by Gasteiger charge is 2.31. The molecule has 47 heavy (non-hydrogen) atoms. The number of benzene rings is 2. The summed E-state index contributed by atoms with van der Waals surface area (Å²) in [6.45, 7) is 5.57. The highest BCUT2D eigenvalue weighted by atomic mass is 35.5. The number of pyridine rings is 2. The number of hydrogen-bond donors (Lipinski definition) is 1. The fourth-order valence-corrected chi connectivity index (χ4v) is 5.48. The second-order valence-corrected chi connectivity index (χ2v) is 11.7. The van der Waals surface area contributed by atoms with Gasteiger partial charge in [0.15, 0.2) is 0 Å². The molecule has 0 fully saturated rings. The lowest BCUT2D eigenvalue weighted by molar-refractivity contribution is 0.0921. The summed E-state index contributed by atoms with van der Waals surface area (Å²) in [6, 6.07) is 18.7. The monoisotopic (exact) mass is 674 g/mol. The molecule has 0 saturated carbocycles. The van der Waals surface area contributed by atoms with E-state index < -0.39 is 5.60 Å². The zero-order valence-corrected chi connectivity index (χ0v) is 27.1. The molecule has 4 heterocycles. The smallest absolute Gasteiger partial charge is 0.211 e. The normalized spacial score (nSPS) is 13.6. The van der Waals surface area contributed by atoms with E-state index in [9.17, 15) is 18.7 Å². The van der Waals surface area contributed by atoms with E-state index in [1.165, 1.54) is 42.7 Å². The molecule has 4 aromatic heterocycles. The molecule has 0 saturated heterocycles. The van der Waals surface area contributed by atoms with Gasteiger partial charge in [0.2, 0.25) is 5.78 Å². The van der Waals surface area contributed by atoms with Gasteiger partial charge >= 0.3 is 0 Å². The average molecular weight is 676 g/mol. The Bertz CT molecular complexity index is 1980. The van der Waals surface area contributed by atoms with Crippen LogP contribution in [0.15, 0.2) is 110 Å². The molecule has 0 aliphatic rings. The van der Waals surface area contributed by atoms with E-state index in [0.29, 0.717) is 27.7 Å². The minimum Gasteiger partial charge on any atom is -0.379 e. The van der Waals surface area contributed by atoms with Crippen LogP contribution in [-0.2, 0) is 5.60 Å². The van der Waals surface area contributed by atoms with Crippen molar-refractivity contribution in [2.24, 2.45) is 0 Å². The van der Waals surface area contributed by atoms with E-state index in [1.54, 1.807) is 79.0 Å². The number of aliphatic hydroxyl groups is 1. The van der Waals surface area contributed by atoms with Crippen LogP contribution >= 0.6 is 23.2 Å². The first-order chi connectivity index (χ1) is 22.5. The van der Waals surface area contributed by atoms with Gasteiger partial charge in [-0.15, -0.1) is 0 Å². The van der Waals surface area contributed by atoms with Crippen molar-refractivity contribution in [3.8, 4) is 0 Å². The maximum atomic E-state index is 13.1. The van der Waals surface area contributed by atoms with Crippen LogP contribution in [0.2, 0.25) is 10.3 Å². The minimum atomic E-state index is -1.29. The SMILES string of the molecule is C[C@H](c1ccc(F)cc1)n1cncc1C(=O)c1ccnc(Cl)c1.C[C@H](c1ccc(F)cc1)n1cncc1C(C)(O)c1ccnc(Cl)c1. The van der Waals surface area contributed by atoms with Crippen molar-refractivity contribution < 1.29 is 18.7 Å². The molecule has 1 unspecified atom stereocenters. The highest BCUT2D eigenvalue weighted by molar-refractivity contribution is 6.30. The summed E-state index contributed by atoms with van der Waals surface area (Å²) in [7, 11) is 0. The molecule has 8 nitrogen and oxygen atoms in total. The van der Waals surface area contributed by atoms with E-state index in [0.717, 1.165) is 11.1 Å². The molecule has 0 aliphatic heterocycles. The number of ketones is 1. The Balaban J connectivity index is 0.000000185. The van der Waals surface area contributed by atoms with Crippen LogP contribution in [-0.4, -0.2) is 40.0 Å². The third-order valence-electron chi connectivity index (χ3n) is 7.88. The molecule has 0 amide bonds. The number of imidazole rings is 2. The summed E-state index contributed by atoms with van der Waals surface area (Å²) in [5, 5.41) is 11.7. The molecule has 0 spiro atoms. The Morgan fingerprint density at radius 1 is 0.766 bits per heavy atom. The van der Waals surface area contributed by atoms with Gasteiger partial charge in [0.25, 0.3) is 0 Å². The molecule has 240 valence electrons. The van der Waals surface area contributed by atoms with Crippen molar-refractivity contribution in [2.75, 3.05) is 0 Å². The lowest BCUT2D eigenvalue weighted by Gasteiger charge is -2.28. The number of hydrogen-bond acceptors (Lipinski definition) is 6. The van der Waals surface area contributed by atoms with Crippen molar-refractivity contribution in [3.05, 3.63) is 166 Å². The van der Waals surface area contributed by atoms with Crippen LogP contribution < -0.4 is 0 Å². The highest BCUT2D eigenvalue weighted by Crippen LogP contribution is 2.33. The molecule has 0 bridgehead atoms. The molecule has 6 rings (SSSR count). The zero-order valence-electron chi connectivity index (χ0n) is 25.6. The Labute approximate surface area is 280 Å². The summed E-state index contributed by atoms with van der Waals surface area (Å²) >= 11 is 11.8. The Morgan fingerprint density at radius 3 is 1.85 bits per heavy atom. The standard InChI is InChI=1S/C18H17ClFN3O.C17H13ClFN3O/c1-12(13-3-5-15(20)6-4-13)23-11-21-10-16(23)18(2,24)14-7-8-22-17(19)9-14;1-11(12-2-4-14(19)5-3-12)22-10-20-9-15(22)17(23)13-6-7-21-16(18)8-13/h3-12,24H,1-2H3;2-11H,1H3/t12-,18?;11-/m11/s1. The first-order valence-electron chi connectivity index (χ1n) is 14.5. The van der Waals surface area contributed by atoms with Gasteiger partial charge in [-0.2, -0.15) is 0 Å². The molecule has 0 radical (unpaired) electrons. The lowest BCUT2D eigenvalue weighted by atomic mass is 9.93. The quantitative estimate of drug-likeness (QED) is 0.130. The van der Waals surface area contributed by atoms with Gasteiger partial charge in [0.1, 0.15) is 33.2 Å². The van der Waals surface area contributed by atoms with E-state index in [1.807, 2.05) is 18.4 Å². The van der Waals surface area contributed by atoms with Crippen molar-refractivity contribution >= 4 is 29.0 Å². The fraction of sp³-hybridized carbons (Fsp3) is 0.171. The van der Waals surface area contributed by atoms with E-state index >= 15 is 0 Å². The second-order valence-electron chi connectivity index (χ2n) is 11.0. The van der Waals surface area contributed by atoms with Gasteiger partial charge in [0, 0.05) is 18.0 Å². The molecule has 1 N–H and O–H groups in total. The Kier molecular flexibility index (Phi) is 10.2. The van der Waals surface area contributed by atoms with Gasteiger partial charge in [-0.25, -0.2) is 28.7 Å². The van der Waals surface area contributed by atoms with Crippen molar-refractivity contribution in [2.45, 2.75) is 38.5 Å². The predicted molar refractivity (Wildman–Crippen MR) is 175 cm³/mol. The van der Waals surface area contributed by atoms with Gasteiger partial charge in [-0.05, 0) is 86.0 Å². The van der Waals surface area contributed by atoms with Crippen LogP contribution in [0.1, 0.15) is 71.3 Å². The zero-order chi connectivity index (χ0) is 33.7. The summed E-state index contributed by atoms with van der Waals surface area (Å²) < 4.78 is 29.8. The Morgan fingerprint density at radius 2 is 1.28 bits per heavy atom. The molecular weight excluding hydrogens is 645 g/mol. The maximum absolute atomic E-state index is 13.1. The summed E-state index contributed by atoms with van der Waals surface area (Å²) in [5.41, 5.74) is 2.61. The van der Waals surface area contributed by atoms with Gasteiger partial charge in [0.05, 0.1) is 42.8 Å². The van der Waals surface area contributed by atoms with Crippen LogP contribution in [0, 0.1) is 11.6 Å². The predicted octanol–water partition coefficient (Wildman–Crippen LogP) is 7.85. The molecule has 2 aromatic carbocycles. The largest absolute Gasteiger partial charge is 0.379 e. The van der Waals surface area contributed by atoms with Crippen molar-refractivity contribution in [1.29, 1.82) is 0 Å². The molecule has 0 aliphatic carbocycles. The van der Waals surface area contributed by atoms with Crippen LogP contribution in [0.4, 0.5) is 8.78 Å². The van der Waals surface area contributed by atoms with Gasteiger partial charge < -0.3 is 14.2 Å². The summed E-state index contributed by atoms with van der Waals surface area (Å²) in [5.74, 6) is -0.773. The third kappa shape index (κ3) is 7.62. The summed E-state index contributed by atoms with van der Waals surface area (Å²) in [4.78, 5) is 28.7. The van der Waals surface area contributed by atoms with E-state index in [4.69, 9.17) is 23.2 Å². The first-order valence-corrected chi connectivity index (χ1v) is 15.3. The van der Waals surface area contributed by atoms with Crippen molar-refractivity contribution in [1.82, 2.24) is 29.1 Å². The number of halogens is 4. The molecule has 3 atom stereocenters. The third-order valence-corrected chi connectivity index (χ3v) is 8.29. The van der Waals surface area contributed by atoms with E-state index in [2.05, 4.69) is 19.9 Å².